The lowest BCUT2D eigenvalue weighted by atomic mass is 9.97. The molecule has 5 atom stereocenters. The highest BCUT2D eigenvalue weighted by atomic mass is 28.4. The van der Waals surface area contributed by atoms with Crippen molar-refractivity contribution in [3.05, 3.63) is 0 Å². The molecule has 0 radical (unpaired) electrons. The van der Waals surface area contributed by atoms with Crippen molar-refractivity contribution in [1.82, 2.24) is 0 Å². The van der Waals surface area contributed by atoms with Crippen LogP contribution >= 0.6 is 0 Å². The van der Waals surface area contributed by atoms with Crippen molar-refractivity contribution in [3.8, 4) is 0 Å². The van der Waals surface area contributed by atoms with E-state index in [-0.39, 0.29) is 5.04 Å². The van der Waals surface area contributed by atoms with Crippen LogP contribution in [0.3, 0.4) is 0 Å². The summed E-state index contributed by atoms with van der Waals surface area (Å²) in [6.45, 7) is 15.7. The second-order valence-electron chi connectivity index (χ2n) is 8.51. The molecule has 6 nitrogen and oxygen atoms in total. The molecule has 7 heteroatoms. The van der Waals surface area contributed by atoms with Gasteiger partial charge in [0.05, 0.1) is 6.10 Å². The lowest BCUT2D eigenvalue weighted by Crippen LogP contribution is -2.61. The maximum absolute atomic E-state index is 12.5. The van der Waals surface area contributed by atoms with Crippen LogP contribution in [-0.2, 0) is 23.4 Å². The molecule has 0 spiro atoms. The van der Waals surface area contributed by atoms with E-state index in [1.165, 1.54) is 0 Å². The van der Waals surface area contributed by atoms with E-state index in [0.29, 0.717) is 0 Å². The first-order chi connectivity index (χ1) is 10.3. The van der Waals surface area contributed by atoms with E-state index in [2.05, 4.69) is 33.9 Å². The molecule has 0 amide bonds. The summed E-state index contributed by atoms with van der Waals surface area (Å²) in [4.78, 5) is 12.5. The Balaban J connectivity index is 2.29. The molecule has 2 aliphatic rings. The van der Waals surface area contributed by atoms with Crippen molar-refractivity contribution in [2.75, 3.05) is 0 Å². The van der Waals surface area contributed by atoms with Crippen molar-refractivity contribution in [3.63, 3.8) is 0 Å². The molecule has 134 valence electrons. The molecule has 23 heavy (non-hydrogen) atoms. The van der Waals surface area contributed by atoms with Gasteiger partial charge in [-0.1, -0.05) is 20.8 Å². The second kappa shape index (κ2) is 5.81. The van der Waals surface area contributed by atoms with Crippen LogP contribution in [0.2, 0.25) is 18.1 Å². The van der Waals surface area contributed by atoms with Gasteiger partial charge in [-0.3, -0.25) is 0 Å². The molecule has 0 saturated carbocycles. The fourth-order valence-electron chi connectivity index (χ4n) is 2.69. The van der Waals surface area contributed by atoms with Crippen LogP contribution in [0.1, 0.15) is 41.5 Å². The maximum atomic E-state index is 12.5. The number of hydrogen-bond donors (Lipinski definition) is 1. The number of fused-ring (bicyclic) bond motifs is 1. The second-order valence-corrected chi connectivity index (χ2v) is 13.3. The Morgan fingerprint density at radius 1 is 1.22 bits per heavy atom. The lowest BCUT2D eigenvalue weighted by molar-refractivity contribution is -0.194. The molecule has 0 aromatic carbocycles. The minimum absolute atomic E-state index is 0.0428. The molecule has 2 aliphatic heterocycles. The zero-order chi connectivity index (χ0) is 17.8. The molecule has 2 rings (SSSR count). The zero-order valence-electron chi connectivity index (χ0n) is 15.4. The molecule has 0 aliphatic carbocycles. The zero-order valence-corrected chi connectivity index (χ0v) is 16.4. The molecular weight excluding hydrogens is 316 g/mol. The van der Waals surface area contributed by atoms with Gasteiger partial charge in [-0.05, 0) is 38.9 Å². The van der Waals surface area contributed by atoms with Gasteiger partial charge in [0.25, 0.3) is 0 Å². The number of carbonyl (C=O) groups excluding carboxylic acids is 1. The number of cyclic esters (lactones) is 1. The Hall–Kier alpha value is -0.473. The van der Waals surface area contributed by atoms with E-state index in [0.717, 1.165) is 0 Å². The highest BCUT2D eigenvalue weighted by Gasteiger charge is 2.58. The van der Waals surface area contributed by atoms with Gasteiger partial charge in [-0.25, -0.2) is 4.79 Å². The van der Waals surface area contributed by atoms with Crippen LogP contribution in [0.15, 0.2) is 0 Å². The predicted octanol–water partition coefficient (Wildman–Crippen LogP) is 2.20. The minimum atomic E-state index is -2.19. The van der Waals surface area contributed by atoms with Crippen molar-refractivity contribution in [1.29, 1.82) is 0 Å². The monoisotopic (exact) mass is 346 g/mol. The lowest BCUT2D eigenvalue weighted by Gasteiger charge is -2.43. The summed E-state index contributed by atoms with van der Waals surface area (Å²) >= 11 is 0. The van der Waals surface area contributed by atoms with Gasteiger partial charge in [-0.2, -0.15) is 0 Å². The van der Waals surface area contributed by atoms with Crippen molar-refractivity contribution in [2.45, 2.75) is 96.0 Å². The number of carbonyl (C=O) groups is 1. The van der Waals surface area contributed by atoms with Gasteiger partial charge in [0.15, 0.2) is 26.3 Å². The summed E-state index contributed by atoms with van der Waals surface area (Å²) in [5.74, 6) is -1.32. The summed E-state index contributed by atoms with van der Waals surface area (Å²) in [5.41, 5.74) is 0. The van der Waals surface area contributed by atoms with E-state index in [9.17, 15) is 9.90 Å². The normalized spacial score (nSPS) is 35.6. The van der Waals surface area contributed by atoms with E-state index < -0.39 is 50.6 Å². The fraction of sp³-hybridized carbons (Fsp3) is 0.938. The fourth-order valence-corrected chi connectivity index (χ4v) is 3.91. The summed E-state index contributed by atoms with van der Waals surface area (Å²) in [6.07, 6.45) is -3.50. The first kappa shape index (κ1) is 18.9. The first-order valence-corrected chi connectivity index (χ1v) is 11.1. The quantitative estimate of drug-likeness (QED) is 0.624. The van der Waals surface area contributed by atoms with Crippen LogP contribution < -0.4 is 0 Å². The third kappa shape index (κ3) is 3.63. The predicted molar refractivity (Wildman–Crippen MR) is 87.5 cm³/mol. The molecule has 0 aromatic heterocycles. The Labute approximate surface area is 139 Å². The van der Waals surface area contributed by atoms with Crippen molar-refractivity contribution >= 4 is 14.3 Å². The number of ether oxygens (including phenoxy) is 3. The highest BCUT2D eigenvalue weighted by Crippen LogP contribution is 2.42. The number of aliphatic hydroxyl groups is 1. The smallest absolute Gasteiger partial charge is 0.337 e. The average Bonchev–Trinajstić information content (AvgIpc) is 2.66. The third-order valence-electron chi connectivity index (χ3n) is 4.97. The Kier molecular flexibility index (Phi) is 4.76. The minimum Gasteiger partial charge on any atom is -0.455 e. The van der Waals surface area contributed by atoms with Gasteiger partial charge in [0.1, 0.15) is 12.2 Å². The highest BCUT2D eigenvalue weighted by molar-refractivity contribution is 6.74. The van der Waals surface area contributed by atoms with Gasteiger partial charge in [-0.15, -0.1) is 0 Å². The Morgan fingerprint density at radius 3 is 2.22 bits per heavy atom. The Bertz CT molecular complexity index is 468. The van der Waals surface area contributed by atoms with Gasteiger partial charge in [0, 0.05) is 0 Å². The topological polar surface area (TPSA) is 74.2 Å². The summed E-state index contributed by atoms with van der Waals surface area (Å²) in [5, 5.41) is 9.87. The van der Waals surface area contributed by atoms with E-state index >= 15 is 0 Å². The molecule has 2 fully saturated rings. The number of rotatable bonds is 3. The average molecular weight is 346 g/mol. The van der Waals surface area contributed by atoms with E-state index in [4.69, 9.17) is 18.6 Å². The van der Waals surface area contributed by atoms with Crippen LogP contribution in [-0.4, -0.2) is 55.7 Å². The summed E-state index contributed by atoms with van der Waals surface area (Å²) in [7, 11) is -2.19. The molecule has 0 aromatic rings. The van der Waals surface area contributed by atoms with Gasteiger partial charge < -0.3 is 23.7 Å². The summed E-state index contributed by atoms with van der Waals surface area (Å²) < 4.78 is 23.5. The van der Waals surface area contributed by atoms with Gasteiger partial charge in [0.2, 0.25) is 0 Å². The van der Waals surface area contributed by atoms with Crippen LogP contribution in [0, 0.1) is 0 Å². The largest absolute Gasteiger partial charge is 0.455 e. The van der Waals surface area contributed by atoms with Gasteiger partial charge >= 0.3 is 5.97 Å². The first-order valence-electron chi connectivity index (χ1n) is 8.17. The SMILES string of the molecule is C[C@@H](O)[C@@H]1OC(=O)[C@H](O[Si](C)(C)C(C)(C)C)[C@@H]2OC(C)(C)O[C@H]12. The number of esters is 1. The molecular formula is C16H30O6Si. The molecule has 0 bridgehead atoms. The third-order valence-corrected chi connectivity index (χ3v) is 9.43. The summed E-state index contributed by atoms with van der Waals surface area (Å²) in [6, 6.07) is 0. The van der Waals surface area contributed by atoms with Crippen molar-refractivity contribution < 1.29 is 28.5 Å². The standard InChI is InChI=1S/C16H30O6Si/c1-9(17)10-11-12(21-16(5,6)20-11)13(14(18)19-10)22-23(7,8)15(2,3)4/h9-13,17H,1-8H3/t9-,10+,11-,12-,13-/m1/s1. The maximum Gasteiger partial charge on any atom is 0.337 e. The number of aliphatic hydroxyl groups excluding tert-OH is 1. The number of hydrogen-bond acceptors (Lipinski definition) is 6. The molecule has 0 unspecified atom stereocenters. The van der Waals surface area contributed by atoms with E-state index in [1.807, 2.05) is 0 Å². The van der Waals surface area contributed by atoms with E-state index in [1.54, 1.807) is 20.8 Å². The molecule has 1 N–H and O–H groups in total. The molecule has 2 saturated heterocycles. The van der Waals surface area contributed by atoms with Crippen molar-refractivity contribution in [2.24, 2.45) is 0 Å². The van der Waals surface area contributed by atoms with Crippen LogP contribution in [0.5, 0.6) is 0 Å². The van der Waals surface area contributed by atoms with Crippen LogP contribution in [0.25, 0.3) is 0 Å². The molecule has 2 heterocycles. The van der Waals surface area contributed by atoms with Crippen LogP contribution in [0.4, 0.5) is 0 Å². The Morgan fingerprint density at radius 2 is 1.74 bits per heavy atom.